The number of aryl methyl sites for hydroxylation is 1. The van der Waals surface area contributed by atoms with E-state index in [1.54, 1.807) is 12.1 Å². The molecule has 0 saturated carbocycles. The predicted octanol–water partition coefficient (Wildman–Crippen LogP) is 3.69. The second kappa shape index (κ2) is 7.62. The van der Waals surface area contributed by atoms with Crippen LogP contribution in [0.2, 0.25) is 0 Å². The lowest BCUT2D eigenvalue weighted by molar-refractivity contribution is 0.147. The first kappa shape index (κ1) is 18.2. The highest BCUT2D eigenvalue weighted by molar-refractivity contribution is 5.69. The number of rotatable bonds is 7. The molecule has 0 amide bonds. The Hall–Kier alpha value is -2.14. The number of aromatic nitrogens is 2. The van der Waals surface area contributed by atoms with E-state index in [0.29, 0.717) is 11.3 Å². The van der Waals surface area contributed by atoms with Crippen molar-refractivity contribution in [2.24, 2.45) is 0 Å². The van der Waals surface area contributed by atoms with Gasteiger partial charge in [-0.1, -0.05) is 26.0 Å². The summed E-state index contributed by atoms with van der Waals surface area (Å²) in [5.41, 5.74) is 2.43. The average Bonchev–Trinajstić information content (AvgIpc) is 2.55. The van der Waals surface area contributed by atoms with Crippen LogP contribution >= 0.6 is 0 Å². The number of nitrogens with one attached hydrogen (secondary N) is 1. The third kappa shape index (κ3) is 4.03. The van der Waals surface area contributed by atoms with E-state index < -0.39 is 0 Å². The predicted molar refractivity (Wildman–Crippen MR) is 99.4 cm³/mol. The number of phenolic OH excluding ortho intramolecular Hbond substituents is 1. The van der Waals surface area contributed by atoms with Gasteiger partial charge in [-0.15, -0.1) is 10.2 Å². The maximum Gasteiger partial charge on any atom is 0.149 e. The largest absolute Gasteiger partial charge is 0.507 e. The molecule has 1 aromatic carbocycles. The van der Waals surface area contributed by atoms with Gasteiger partial charge in [-0.2, -0.15) is 0 Å². The second-order valence-electron chi connectivity index (χ2n) is 6.62. The van der Waals surface area contributed by atoms with Crippen LogP contribution < -0.4 is 5.32 Å². The van der Waals surface area contributed by atoms with Crippen molar-refractivity contribution >= 4 is 5.82 Å². The Bertz CT molecular complexity index is 681. The molecule has 2 rings (SSSR count). The molecule has 24 heavy (non-hydrogen) atoms. The lowest BCUT2D eigenvalue weighted by Gasteiger charge is -2.37. The highest BCUT2D eigenvalue weighted by Gasteiger charge is 2.24. The van der Waals surface area contributed by atoms with E-state index in [9.17, 15) is 5.11 Å². The molecule has 2 aromatic rings. The summed E-state index contributed by atoms with van der Waals surface area (Å²) < 4.78 is 0. The third-order valence-corrected chi connectivity index (χ3v) is 4.47. The number of aromatic hydroxyl groups is 1. The molecule has 2 N–H and O–H groups in total. The van der Waals surface area contributed by atoms with Crippen LogP contribution in [-0.4, -0.2) is 45.4 Å². The summed E-state index contributed by atoms with van der Waals surface area (Å²) in [7, 11) is 0. The minimum Gasteiger partial charge on any atom is -0.507 e. The van der Waals surface area contributed by atoms with E-state index in [4.69, 9.17) is 0 Å². The molecule has 0 bridgehead atoms. The van der Waals surface area contributed by atoms with Crippen molar-refractivity contribution < 1.29 is 5.11 Å². The van der Waals surface area contributed by atoms with Gasteiger partial charge in [0.2, 0.25) is 0 Å². The molecule has 0 atom stereocenters. The normalized spacial score (nSPS) is 11.8. The van der Waals surface area contributed by atoms with Crippen molar-refractivity contribution in [1.29, 1.82) is 0 Å². The van der Waals surface area contributed by atoms with Crippen molar-refractivity contribution in [2.75, 3.05) is 25.0 Å². The summed E-state index contributed by atoms with van der Waals surface area (Å²) in [4.78, 5) is 2.41. The number of nitrogens with zero attached hydrogens (tertiary/aromatic N) is 3. The van der Waals surface area contributed by atoms with Gasteiger partial charge in [-0.3, -0.25) is 4.90 Å². The fourth-order valence-corrected chi connectivity index (χ4v) is 3.01. The first-order valence-corrected chi connectivity index (χ1v) is 8.50. The summed E-state index contributed by atoms with van der Waals surface area (Å²) in [6.45, 7) is 13.6. The van der Waals surface area contributed by atoms with Gasteiger partial charge in [0.15, 0.2) is 0 Å². The van der Waals surface area contributed by atoms with Gasteiger partial charge in [0.05, 0.1) is 5.69 Å². The van der Waals surface area contributed by atoms with E-state index in [1.807, 2.05) is 25.1 Å². The lowest BCUT2D eigenvalue weighted by Crippen LogP contribution is -2.48. The van der Waals surface area contributed by atoms with Gasteiger partial charge < -0.3 is 10.4 Å². The quantitative estimate of drug-likeness (QED) is 0.811. The molecular formula is C19H28N4O. The van der Waals surface area contributed by atoms with Crippen molar-refractivity contribution in [3.63, 3.8) is 0 Å². The van der Waals surface area contributed by atoms with Crippen LogP contribution in [0.4, 0.5) is 5.82 Å². The van der Waals surface area contributed by atoms with Crippen LogP contribution in [-0.2, 0) is 0 Å². The zero-order valence-corrected chi connectivity index (χ0v) is 15.3. The molecular weight excluding hydrogens is 300 g/mol. The molecule has 0 fully saturated rings. The van der Waals surface area contributed by atoms with Gasteiger partial charge in [-0.25, -0.2) is 0 Å². The van der Waals surface area contributed by atoms with E-state index in [2.05, 4.69) is 48.1 Å². The summed E-state index contributed by atoms with van der Waals surface area (Å²) in [5.74, 6) is 0.977. The average molecular weight is 328 g/mol. The highest BCUT2D eigenvalue weighted by atomic mass is 16.3. The van der Waals surface area contributed by atoms with Crippen molar-refractivity contribution in [1.82, 2.24) is 15.1 Å². The Balaban J connectivity index is 2.15. The summed E-state index contributed by atoms with van der Waals surface area (Å²) >= 11 is 0. The number of phenols is 1. The summed E-state index contributed by atoms with van der Waals surface area (Å²) in [5, 5.41) is 22.0. The molecule has 0 radical (unpaired) electrons. The van der Waals surface area contributed by atoms with Gasteiger partial charge in [0, 0.05) is 17.6 Å². The zero-order chi connectivity index (χ0) is 17.7. The first-order valence-electron chi connectivity index (χ1n) is 8.50. The molecule has 0 aliphatic carbocycles. The standard InChI is InChI=1S/C19H28N4O/c1-6-23(7-2)19(4,5)13-20-17-12-14(3)18(22-21-17)15-10-8-9-11-16(15)24/h8-12,24H,6-7,13H2,1-5H3,(H,20,21). The third-order valence-electron chi connectivity index (χ3n) is 4.47. The van der Waals surface area contributed by atoms with Crippen LogP contribution in [0.25, 0.3) is 11.3 Å². The second-order valence-corrected chi connectivity index (χ2v) is 6.62. The number of benzene rings is 1. The molecule has 0 unspecified atom stereocenters. The van der Waals surface area contributed by atoms with Crippen LogP contribution in [0.1, 0.15) is 33.3 Å². The summed E-state index contributed by atoms with van der Waals surface area (Å²) in [6.07, 6.45) is 0. The van der Waals surface area contributed by atoms with E-state index in [0.717, 1.165) is 31.0 Å². The van der Waals surface area contributed by atoms with Gasteiger partial charge in [0.25, 0.3) is 0 Å². The van der Waals surface area contributed by atoms with E-state index in [-0.39, 0.29) is 11.3 Å². The molecule has 5 heteroatoms. The minimum absolute atomic E-state index is 0.0372. The molecule has 5 nitrogen and oxygen atoms in total. The smallest absolute Gasteiger partial charge is 0.149 e. The van der Waals surface area contributed by atoms with Crippen molar-refractivity contribution in [3.8, 4) is 17.0 Å². The molecule has 0 aliphatic rings. The Morgan fingerprint density at radius 3 is 2.38 bits per heavy atom. The maximum atomic E-state index is 9.99. The molecule has 0 saturated heterocycles. The fourth-order valence-electron chi connectivity index (χ4n) is 3.01. The Kier molecular flexibility index (Phi) is 5.78. The van der Waals surface area contributed by atoms with Crippen LogP contribution in [0.15, 0.2) is 30.3 Å². The van der Waals surface area contributed by atoms with E-state index >= 15 is 0 Å². The Labute approximate surface area is 144 Å². The number of anilines is 1. The van der Waals surface area contributed by atoms with Crippen LogP contribution in [0, 0.1) is 6.92 Å². The molecule has 0 spiro atoms. The van der Waals surface area contributed by atoms with Crippen LogP contribution in [0.5, 0.6) is 5.75 Å². The van der Waals surface area contributed by atoms with Gasteiger partial charge in [0.1, 0.15) is 11.6 Å². The van der Waals surface area contributed by atoms with Crippen LogP contribution in [0.3, 0.4) is 0 Å². The fraction of sp³-hybridized carbons (Fsp3) is 0.474. The molecule has 0 aliphatic heterocycles. The molecule has 1 aromatic heterocycles. The SMILES string of the molecule is CCN(CC)C(C)(C)CNc1cc(C)c(-c2ccccc2O)nn1. The number of hydrogen-bond donors (Lipinski definition) is 2. The number of para-hydroxylation sites is 1. The maximum absolute atomic E-state index is 9.99. The molecule has 1 heterocycles. The topological polar surface area (TPSA) is 61.3 Å². The summed E-state index contributed by atoms with van der Waals surface area (Å²) in [6, 6.07) is 9.17. The number of hydrogen-bond acceptors (Lipinski definition) is 5. The lowest BCUT2D eigenvalue weighted by atomic mass is 10.0. The first-order chi connectivity index (χ1) is 11.4. The highest BCUT2D eigenvalue weighted by Crippen LogP contribution is 2.29. The van der Waals surface area contributed by atoms with E-state index in [1.165, 1.54) is 0 Å². The Morgan fingerprint density at radius 2 is 1.79 bits per heavy atom. The van der Waals surface area contributed by atoms with Gasteiger partial charge >= 0.3 is 0 Å². The Morgan fingerprint density at radius 1 is 1.12 bits per heavy atom. The van der Waals surface area contributed by atoms with Crippen molar-refractivity contribution in [3.05, 3.63) is 35.9 Å². The molecule has 130 valence electrons. The number of likely N-dealkylation sites (N-methyl/N-ethyl adjacent to an activating group) is 1. The monoisotopic (exact) mass is 328 g/mol. The van der Waals surface area contributed by atoms with Crippen molar-refractivity contribution in [2.45, 2.75) is 40.2 Å². The zero-order valence-electron chi connectivity index (χ0n) is 15.3. The minimum atomic E-state index is 0.0372. The van der Waals surface area contributed by atoms with Gasteiger partial charge in [-0.05, 0) is 57.6 Å².